The Bertz CT molecular complexity index is 865. The molecule has 0 bridgehead atoms. The number of nitrogens with zero attached hydrogens (tertiary/aromatic N) is 2. The standard InChI is InChI=1S/C21H18Cl2N2O2/c22-19-12-11-18(15-20(19)23)25(21(26)27)14-13-24(16-7-3-1-4-8-16)17-9-5-2-6-10-17/h1-12,15H,13-14H2,(H,26,27). The Hall–Kier alpha value is -2.69. The molecular formula is C21H18Cl2N2O2. The van der Waals surface area contributed by atoms with Crippen molar-refractivity contribution in [2.45, 2.75) is 0 Å². The van der Waals surface area contributed by atoms with Crippen LogP contribution in [-0.2, 0) is 0 Å². The molecule has 4 nitrogen and oxygen atoms in total. The molecule has 6 heteroatoms. The molecule has 0 aromatic heterocycles. The van der Waals surface area contributed by atoms with Crippen LogP contribution >= 0.6 is 23.2 Å². The van der Waals surface area contributed by atoms with Crippen molar-refractivity contribution in [2.24, 2.45) is 0 Å². The topological polar surface area (TPSA) is 43.8 Å². The summed E-state index contributed by atoms with van der Waals surface area (Å²) in [6.45, 7) is 0.734. The van der Waals surface area contributed by atoms with Crippen molar-refractivity contribution in [3.05, 3.63) is 88.9 Å². The molecule has 0 aliphatic rings. The molecule has 3 aromatic rings. The first-order valence-corrected chi connectivity index (χ1v) is 9.15. The van der Waals surface area contributed by atoms with E-state index in [0.717, 1.165) is 11.4 Å². The summed E-state index contributed by atoms with van der Waals surface area (Å²) in [6, 6.07) is 24.5. The van der Waals surface area contributed by atoms with E-state index in [0.29, 0.717) is 22.3 Å². The van der Waals surface area contributed by atoms with E-state index in [9.17, 15) is 9.90 Å². The molecule has 0 aliphatic heterocycles. The predicted molar refractivity (Wildman–Crippen MR) is 112 cm³/mol. The van der Waals surface area contributed by atoms with Gasteiger partial charge in [-0.15, -0.1) is 0 Å². The largest absolute Gasteiger partial charge is 0.465 e. The van der Waals surface area contributed by atoms with E-state index >= 15 is 0 Å². The maximum absolute atomic E-state index is 11.8. The highest BCUT2D eigenvalue weighted by Crippen LogP contribution is 2.28. The van der Waals surface area contributed by atoms with E-state index in [1.807, 2.05) is 60.7 Å². The normalized spacial score (nSPS) is 10.4. The van der Waals surface area contributed by atoms with Gasteiger partial charge in [0, 0.05) is 30.2 Å². The van der Waals surface area contributed by atoms with Gasteiger partial charge < -0.3 is 10.0 Å². The van der Waals surface area contributed by atoms with Crippen LogP contribution in [0, 0.1) is 0 Å². The zero-order valence-corrected chi connectivity index (χ0v) is 15.9. The second-order valence-corrected chi connectivity index (χ2v) is 6.67. The highest BCUT2D eigenvalue weighted by atomic mass is 35.5. The van der Waals surface area contributed by atoms with Gasteiger partial charge in [-0.05, 0) is 42.5 Å². The first-order chi connectivity index (χ1) is 13.1. The van der Waals surface area contributed by atoms with Crippen molar-refractivity contribution in [1.82, 2.24) is 0 Å². The van der Waals surface area contributed by atoms with E-state index in [4.69, 9.17) is 23.2 Å². The molecule has 0 fully saturated rings. The number of rotatable bonds is 6. The Balaban J connectivity index is 1.86. The van der Waals surface area contributed by atoms with E-state index in [2.05, 4.69) is 4.90 Å². The summed E-state index contributed by atoms with van der Waals surface area (Å²) in [5.41, 5.74) is 2.46. The van der Waals surface area contributed by atoms with Gasteiger partial charge in [-0.2, -0.15) is 0 Å². The van der Waals surface area contributed by atoms with E-state index in [1.54, 1.807) is 18.2 Å². The highest BCUT2D eigenvalue weighted by Gasteiger charge is 2.18. The smallest absolute Gasteiger partial charge is 0.411 e. The number of benzene rings is 3. The number of carbonyl (C=O) groups is 1. The Morgan fingerprint density at radius 1 is 0.741 bits per heavy atom. The number of anilines is 3. The zero-order chi connectivity index (χ0) is 19.2. The van der Waals surface area contributed by atoms with Crippen LogP contribution < -0.4 is 9.80 Å². The second kappa shape index (κ2) is 8.80. The Morgan fingerprint density at radius 3 is 1.78 bits per heavy atom. The molecule has 0 radical (unpaired) electrons. The quantitative estimate of drug-likeness (QED) is 0.526. The first-order valence-electron chi connectivity index (χ1n) is 8.39. The lowest BCUT2D eigenvalue weighted by atomic mass is 10.2. The third kappa shape index (κ3) is 4.73. The van der Waals surface area contributed by atoms with Gasteiger partial charge in [0.25, 0.3) is 0 Å². The molecule has 0 unspecified atom stereocenters. The molecule has 138 valence electrons. The number of hydrogen-bond acceptors (Lipinski definition) is 2. The van der Waals surface area contributed by atoms with Gasteiger partial charge in [-0.3, -0.25) is 4.90 Å². The molecule has 3 aromatic carbocycles. The minimum Gasteiger partial charge on any atom is -0.465 e. The summed E-state index contributed by atoms with van der Waals surface area (Å²) in [5.74, 6) is 0. The molecule has 3 rings (SSSR count). The molecule has 1 amide bonds. The number of para-hydroxylation sites is 2. The molecule has 0 spiro atoms. The van der Waals surface area contributed by atoms with Crippen molar-refractivity contribution in [3.63, 3.8) is 0 Å². The van der Waals surface area contributed by atoms with Crippen LogP contribution in [0.15, 0.2) is 78.9 Å². The van der Waals surface area contributed by atoms with Crippen molar-refractivity contribution < 1.29 is 9.90 Å². The molecule has 0 saturated heterocycles. The molecule has 0 saturated carbocycles. The third-order valence-electron chi connectivity index (χ3n) is 4.13. The fourth-order valence-electron chi connectivity index (χ4n) is 2.81. The van der Waals surface area contributed by atoms with E-state index in [1.165, 1.54) is 4.90 Å². The zero-order valence-electron chi connectivity index (χ0n) is 14.4. The fraction of sp³-hybridized carbons (Fsp3) is 0.0952. The van der Waals surface area contributed by atoms with Crippen LogP contribution in [0.5, 0.6) is 0 Å². The van der Waals surface area contributed by atoms with Crippen LogP contribution in [0.2, 0.25) is 10.0 Å². The Morgan fingerprint density at radius 2 is 1.30 bits per heavy atom. The first kappa shape index (κ1) is 19.1. The predicted octanol–water partition coefficient (Wildman–Crippen LogP) is 6.32. The Labute approximate surface area is 168 Å². The fourth-order valence-corrected chi connectivity index (χ4v) is 3.10. The van der Waals surface area contributed by atoms with Gasteiger partial charge >= 0.3 is 6.09 Å². The summed E-state index contributed by atoms with van der Waals surface area (Å²) < 4.78 is 0. The average molecular weight is 401 g/mol. The lowest BCUT2D eigenvalue weighted by Gasteiger charge is -2.28. The Kier molecular flexibility index (Phi) is 6.22. The van der Waals surface area contributed by atoms with Crippen molar-refractivity contribution in [2.75, 3.05) is 22.9 Å². The van der Waals surface area contributed by atoms with Crippen molar-refractivity contribution in [3.8, 4) is 0 Å². The highest BCUT2D eigenvalue weighted by molar-refractivity contribution is 6.42. The van der Waals surface area contributed by atoms with Crippen molar-refractivity contribution in [1.29, 1.82) is 0 Å². The molecule has 0 atom stereocenters. The molecule has 1 N–H and O–H groups in total. The summed E-state index contributed by atoms with van der Waals surface area (Å²) in [4.78, 5) is 15.2. The van der Waals surface area contributed by atoms with Crippen LogP contribution in [0.1, 0.15) is 0 Å². The second-order valence-electron chi connectivity index (χ2n) is 5.86. The maximum Gasteiger partial charge on any atom is 0.411 e. The van der Waals surface area contributed by atoms with Gasteiger partial charge in [0.2, 0.25) is 0 Å². The average Bonchev–Trinajstić information content (AvgIpc) is 2.69. The monoisotopic (exact) mass is 400 g/mol. The molecular weight excluding hydrogens is 383 g/mol. The lowest BCUT2D eigenvalue weighted by Crippen LogP contribution is -2.36. The van der Waals surface area contributed by atoms with Gasteiger partial charge in [-0.25, -0.2) is 4.79 Å². The van der Waals surface area contributed by atoms with Crippen LogP contribution in [0.3, 0.4) is 0 Å². The summed E-state index contributed by atoms with van der Waals surface area (Å²) in [7, 11) is 0. The van der Waals surface area contributed by atoms with Crippen LogP contribution in [0.4, 0.5) is 21.9 Å². The summed E-state index contributed by atoms with van der Waals surface area (Å²) in [5, 5.41) is 10.4. The molecule has 27 heavy (non-hydrogen) atoms. The minimum atomic E-state index is -1.05. The number of amides is 1. The third-order valence-corrected chi connectivity index (χ3v) is 4.87. The van der Waals surface area contributed by atoms with E-state index in [-0.39, 0.29) is 6.54 Å². The number of carboxylic acid groups (broad SMARTS) is 1. The van der Waals surface area contributed by atoms with Gasteiger partial charge in [-0.1, -0.05) is 59.6 Å². The van der Waals surface area contributed by atoms with Crippen LogP contribution in [-0.4, -0.2) is 24.3 Å². The minimum absolute atomic E-state index is 0.261. The number of halogens is 2. The van der Waals surface area contributed by atoms with Gasteiger partial charge in [0.15, 0.2) is 0 Å². The summed E-state index contributed by atoms with van der Waals surface area (Å²) >= 11 is 12.0. The molecule has 0 heterocycles. The van der Waals surface area contributed by atoms with Gasteiger partial charge in [0.05, 0.1) is 10.0 Å². The van der Waals surface area contributed by atoms with Gasteiger partial charge in [0.1, 0.15) is 0 Å². The SMILES string of the molecule is O=C(O)N(CCN(c1ccccc1)c1ccccc1)c1ccc(Cl)c(Cl)c1. The van der Waals surface area contributed by atoms with Crippen molar-refractivity contribution >= 4 is 46.4 Å². The molecule has 0 aliphatic carbocycles. The van der Waals surface area contributed by atoms with E-state index < -0.39 is 6.09 Å². The lowest BCUT2D eigenvalue weighted by molar-refractivity contribution is 0.202. The maximum atomic E-state index is 11.8. The van der Waals surface area contributed by atoms with Crippen LogP contribution in [0.25, 0.3) is 0 Å². The summed E-state index contributed by atoms with van der Waals surface area (Å²) in [6.07, 6.45) is -1.05. The number of hydrogen-bond donors (Lipinski definition) is 1.